The number of carbonyl (C=O) groups is 1. The van der Waals surface area contributed by atoms with Crippen molar-refractivity contribution in [2.75, 3.05) is 13.1 Å². The van der Waals surface area contributed by atoms with E-state index in [2.05, 4.69) is 15.6 Å². The van der Waals surface area contributed by atoms with Crippen LogP contribution in [-0.4, -0.2) is 24.0 Å². The highest BCUT2D eigenvalue weighted by Gasteiger charge is 2.16. The van der Waals surface area contributed by atoms with E-state index in [9.17, 15) is 4.79 Å². The molecule has 0 atom stereocenters. The number of rotatable bonds is 3. The van der Waals surface area contributed by atoms with Crippen molar-refractivity contribution in [2.45, 2.75) is 13.5 Å². The Hall–Kier alpha value is -1.72. The van der Waals surface area contributed by atoms with Gasteiger partial charge in [-0.15, -0.1) is 11.3 Å². The van der Waals surface area contributed by atoms with Crippen molar-refractivity contribution in [1.82, 2.24) is 15.6 Å². The number of thiazole rings is 1. The molecule has 5 heteroatoms. The van der Waals surface area contributed by atoms with Crippen LogP contribution in [0.3, 0.4) is 0 Å². The van der Waals surface area contributed by atoms with Gasteiger partial charge in [0.1, 0.15) is 5.01 Å². The van der Waals surface area contributed by atoms with Crippen LogP contribution in [-0.2, 0) is 11.3 Å². The molecule has 0 saturated carbocycles. The summed E-state index contributed by atoms with van der Waals surface area (Å²) < 4.78 is 1.16. The molecule has 2 heterocycles. The lowest BCUT2D eigenvalue weighted by Crippen LogP contribution is -2.37. The average molecular weight is 273 g/mol. The van der Waals surface area contributed by atoms with Gasteiger partial charge in [0.25, 0.3) is 0 Å². The Labute approximate surface area is 115 Å². The molecule has 1 aliphatic rings. The van der Waals surface area contributed by atoms with Crippen LogP contribution in [0.15, 0.2) is 35.4 Å². The number of hydrogen-bond acceptors (Lipinski definition) is 4. The van der Waals surface area contributed by atoms with Gasteiger partial charge in [-0.2, -0.15) is 0 Å². The first-order chi connectivity index (χ1) is 9.24. The van der Waals surface area contributed by atoms with E-state index in [1.54, 1.807) is 11.3 Å². The number of nitrogens with one attached hydrogen (secondary N) is 2. The molecule has 1 aliphatic heterocycles. The van der Waals surface area contributed by atoms with Crippen molar-refractivity contribution >= 4 is 27.5 Å². The minimum atomic E-state index is 0.00996. The molecule has 0 radical (unpaired) electrons. The third kappa shape index (κ3) is 2.52. The first-order valence-electron chi connectivity index (χ1n) is 6.26. The van der Waals surface area contributed by atoms with Crippen molar-refractivity contribution in [3.8, 4) is 0 Å². The van der Waals surface area contributed by atoms with E-state index in [-0.39, 0.29) is 5.91 Å². The number of nitrogens with zero attached hydrogens (tertiary/aromatic N) is 1. The second-order valence-electron chi connectivity index (χ2n) is 4.59. The molecule has 1 aromatic heterocycles. The van der Waals surface area contributed by atoms with E-state index < -0.39 is 0 Å². The second kappa shape index (κ2) is 5.11. The molecule has 0 unspecified atom stereocenters. The fourth-order valence-electron chi connectivity index (χ4n) is 1.96. The summed E-state index contributed by atoms with van der Waals surface area (Å²) in [6, 6.07) is 8.01. The number of carbonyl (C=O) groups excluding carboxylic acids is 1. The van der Waals surface area contributed by atoms with E-state index >= 15 is 0 Å². The summed E-state index contributed by atoms with van der Waals surface area (Å²) in [6.45, 7) is 4.04. The van der Waals surface area contributed by atoms with Gasteiger partial charge in [0, 0.05) is 18.7 Å². The van der Waals surface area contributed by atoms with Crippen LogP contribution in [0.2, 0.25) is 0 Å². The third-order valence-electron chi connectivity index (χ3n) is 3.29. The molecular formula is C14H15N3OS. The summed E-state index contributed by atoms with van der Waals surface area (Å²) >= 11 is 1.62. The zero-order chi connectivity index (χ0) is 13.2. The fraction of sp³-hybridized carbons (Fsp3) is 0.286. The van der Waals surface area contributed by atoms with Gasteiger partial charge in [-0.1, -0.05) is 12.1 Å². The lowest BCUT2D eigenvalue weighted by molar-refractivity contribution is -0.117. The predicted molar refractivity (Wildman–Crippen MR) is 77.0 cm³/mol. The maximum absolute atomic E-state index is 11.9. The Kier molecular flexibility index (Phi) is 3.31. The number of hydrogen-bond donors (Lipinski definition) is 2. The van der Waals surface area contributed by atoms with E-state index in [4.69, 9.17) is 0 Å². The van der Waals surface area contributed by atoms with E-state index in [0.717, 1.165) is 33.9 Å². The number of amides is 1. The lowest BCUT2D eigenvalue weighted by atomic mass is 10.0. The van der Waals surface area contributed by atoms with Crippen molar-refractivity contribution in [2.24, 2.45) is 0 Å². The molecule has 1 aromatic carbocycles. The molecule has 1 fully saturated rings. The number of aromatic nitrogens is 1. The van der Waals surface area contributed by atoms with Gasteiger partial charge >= 0.3 is 0 Å². The second-order valence-corrected chi connectivity index (χ2v) is 5.71. The molecule has 0 aliphatic carbocycles. The molecule has 1 saturated heterocycles. The molecule has 2 aromatic rings. The Morgan fingerprint density at radius 2 is 2.21 bits per heavy atom. The maximum Gasteiger partial charge on any atom is 0.247 e. The van der Waals surface area contributed by atoms with Crippen LogP contribution >= 0.6 is 11.3 Å². The smallest absolute Gasteiger partial charge is 0.247 e. The van der Waals surface area contributed by atoms with Crippen molar-refractivity contribution in [3.63, 3.8) is 0 Å². The SMILES string of the molecule is CC(C(=O)NCc1nc2ccccc2s1)=C1CNC1. The van der Waals surface area contributed by atoms with Crippen LogP contribution in [0.5, 0.6) is 0 Å². The van der Waals surface area contributed by atoms with Crippen molar-refractivity contribution < 1.29 is 4.79 Å². The minimum Gasteiger partial charge on any atom is -0.346 e. The Morgan fingerprint density at radius 3 is 2.89 bits per heavy atom. The first-order valence-corrected chi connectivity index (χ1v) is 7.07. The third-order valence-corrected chi connectivity index (χ3v) is 4.32. The lowest BCUT2D eigenvalue weighted by Gasteiger charge is -2.21. The van der Waals surface area contributed by atoms with Crippen LogP contribution in [0.1, 0.15) is 11.9 Å². The van der Waals surface area contributed by atoms with Gasteiger partial charge in [0.05, 0.1) is 16.8 Å². The minimum absolute atomic E-state index is 0.00996. The normalized spacial score (nSPS) is 14.3. The highest BCUT2D eigenvalue weighted by molar-refractivity contribution is 7.18. The molecule has 0 spiro atoms. The van der Waals surface area contributed by atoms with Crippen LogP contribution in [0, 0.1) is 0 Å². The Bertz CT molecular complexity index is 621. The average Bonchev–Trinajstić information content (AvgIpc) is 2.76. The first kappa shape index (κ1) is 12.3. The monoisotopic (exact) mass is 273 g/mol. The summed E-state index contributed by atoms with van der Waals surface area (Å²) in [5.41, 5.74) is 3.02. The van der Waals surface area contributed by atoms with Crippen molar-refractivity contribution in [3.05, 3.63) is 40.4 Å². The van der Waals surface area contributed by atoms with Crippen LogP contribution < -0.4 is 10.6 Å². The molecule has 98 valence electrons. The number of fused-ring (bicyclic) bond motifs is 1. The summed E-state index contributed by atoms with van der Waals surface area (Å²) in [5, 5.41) is 7.02. The van der Waals surface area contributed by atoms with E-state index in [1.165, 1.54) is 5.57 Å². The highest BCUT2D eigenvalue weighted by atomic mass is 32.1. The molecule has 0 bridgehead atoms. The Balaban J connectivity index is 1.67. The van der Waals surface area contributed by atoms with Gasteiger partial charge in [-0.25, -0.2) is 4.98 Å². The molecule has 4 nitrogen and oxygen atoms in total. The fourth-order valence-corrected chi connectivity index (χ4v) is 2.87. The van der Waals surface area contributed by atoms with Gasteiger partial charge < -0.3 is 10.6 Å². The number of para-hydroxylation sites is 1. The zero-order valence-corrected chi connectivity index (χ0v) is 11.5. The number of benzene rings is 1. The standard InChI is InChI=1S/C14H15N3OS/c1-9(10-6-15-7-10)14(18)16-8-13-17-11-4-2-3-5-12(11)19-13/h2-5,15H,6-8H2,1H3,(H,16,18). The molecule has 2 N–H and O–H groups in total. The predicted octanol–water partition coefficient (Wildman–Crippen LogP) is 1.83. The highest BCUT2D eigenvalue weighted by Crippen LogP contribution is 2.21. The van der Waals surface area contributed by atoms with Crippen LogP contribution in [0.25, 0.3) is 10.2 Å². The Morgan fingerprint density at radius 1 is 1.42 bits per heavy atom. The zero-order valence-electron chi connectivity index (χ0n) is 10.7. The topological polar surface area (TPSA) is 54.0 Å². The molecule has 3 rings (SSSR count). The quantitative estimate of drug-likeness (QED) is 0.839. The molecular weight excluding hydrogens is 258 g/mol. The van der Waals surface area contributed by atoms with Gasteiger partial charge in [0.2, 0.25) is 5.91 Å². The van der Waals surface area contributed by atoms with E-state index in [0.29, 0.717) is 6.54 Å². The largest absolute Gasteiger partial charge is 0.346 e. The molecule has 19 heavy (non-hydrogen) atoms. The van der Waals surface area contributed by atoms with Gasteiger partial charge in [-0.05, 0) is 24.6 Å². The van der Waals surface area contributed by atoms with Gasteiger partial charge in [-0.3, -0.25) is 4.79 Å². The summed E-state index contributed by atoms with van der Waals surface area (Å²) in [4.78, 5) is 16.4. The van der Waals surface area contributed by atoms with Gasteiger partial charge in [0.15, 0.2) is 0 Å². The molecule has 1 amide bonds. The summed E-state index contributed by atoms with van der Waals surface area (Å²) in [7, 11) is 0. The summed E-state index contributed by atoms with van der Waals surface area (Å²) in [6.07, 6.45) is 0. The summed E-state index contributed by atoms with van der Waals surface area (Å²) in [5.74, 6) is 0.00996. The van der Waals surface area contributed by atoms with Crippen LogP contribution in [0.4, 0.5) is 0 Å². The van der Waals surface area contributed by atoms with Crippen molar-refractivity contribution in [1.29, 1.82) is 0 Å². The maximum atomic E-state index is 11.9. The van der Waals surface area contributed by atoms with E-state index in [1.807, 2.05) is 31.2 Å².